The van der Waals surface area contributed by atoms with Crippen LogP contribution in [0.3, 0.4) is 0 Å². The molecule has 3 aromatic rings. The summed E-state index contributed by atoms with van der Waals surface area (Å²) < 4.78 is 8.08. The zero-order valence-corrected chi connectivity index (χ0v) is 25.5. The summed E-state index contributed by atoms with van der Waals surface area (Å²) in [6.07, 6.45) is 19.0. The predicted octanol–water partition coefficient (Wildman–Crippen LogP) is 8.92. The highest BCUT2D eigenvalue weighted by molar-refractivity contribution is 7.19. The first-order chi connectivity index (χ1) is 18.8. The van der Waals surface area contributed by atoms with Gasteiger partial charge in [0, 0.05) is 54.6 Å². The van der Waals surface area contributed by atoms with Crippen molar-refractivity contribution in [2.45, 2.75) is 46.5 Å². The number of rotatable bonds is 15. The smallest absolute Gasteiger partial charge is 0.218 e. The molecule has 0 spiro atoms. The molecule has 0 aliphatic carbocycles. The van der Waals surface area contributed by atoms with Gasteiger partial charge in [0.05, 0.1) is 27.4 Å². The van der Waals surface area contributed by atoms with E-state index in [9.17, 15) is 4.79 Å². The van der Waals surface area contributed by atoms with E-state index in [0.717, 1.165) is 58.5 Å². The number of hydrogen-bond donors (Lipinski definition) is 0. The van der Waals surface area contributed by atoms with E-state index in [1.54, 1.807) is 34.4 Å². The van der Waals surface area contributed by atoms with Crippen LogP contribution < -0.4 is 4.90 Å². The molecule has 0 radical (unpaired) electrons. The Morgan fingerprint density at radius 1 is 1.18 bits per heavy atom. The number of allylic oxidation sites excluding steroid dienone is 8. The van der Waals surface area contributed by atoms with Crippen LogP contribution in [-0.2, 0) is 22.4 Å². The number of aromatic nitrogens is 1. The molecule has 6 heteroatoms. The molecule has 0 N–H and O–H groups in total. The van der Waals surface area contributed by atoms with Crippen LogP contribution in [-0.4, -0.2) is 31.7 Å². The van der Waals surface area contributed by atoms with Gasteiger partial charge in [-0.2, -0.15) is 0 Å². The molecule has 0 amide bonds. The lowest BCUT2D eigenvalue weighted by atomic mass is 10.1. The van der Waals surface area contributed by atoms with E-state index in [1.807, 2.05) is 13.0 Å². The number of ether oxygens (including phenoxy) is 1. The SMILES string of the molecule is C=C(C)CC(/C=C/c1sc(C)cc1N(C)C(=C)C/C=C\Cc1cc2sc(CCOC)cc2n1C=O)=C\C=C\C. The third-order valence-corrected chi connectivity index (χ3v) is 8.46. The van der Waals surface area contributed by atoms with E-state index < -0.39 is 0 Å². The van der Waals surface area contributed by atoms with Gasteiger partial charge >= 0.3 is 0 Å². The lowest BCUT2D eigenvalue weighted by Gasteiger charge is -2.21. The maximum Gasteiger partial charge on any atom is 0.218 e. The number of methoxy groups -OCH3 is 1. The Kier molecular flexibility index (Phi) is 11.5. The molecule has 0 unspecified atom stereocenters. The van der Waals surface area contributed by atoms with Gasteiger partial charge in [0.25, 0.3) is 0 Å². The molecule has 0 aliphatic heterocycles. The van der Waals surface area contributed by atoms with Crippen LogP contribution in [0.2, 0.25) is 0 Å². The van der Waals surface area contributed by atoms with Crippen molar-refractivity contribution in [3.8, 4) is 0 Å². The van der Waals surface area contributed by atoms with Gasteiger partial charge in [0.1, 0.15) is 0 Å². The zero-order chi connectivity index (χ0) is 28.4. The molecule has 39 heavy (non-hydrogen) atoms. The first kappa shape index (κ1) is 30.4. The van der Waals surface area contributed by atoms with E-state index in [4.69, 9.17) is 4.74 Å². The Hall–Kier alpha value is -3.19. The number of carbonyl (C=O) groups is 1. The number of aryl methyl sites for hydroxylation is 1. The highest BCUT2D eigenvalue weighted by Gasteiger charge is 2.13. The summed E-state index contributed by atoms with van der Waals surface area (Å²) in [5, 5.41) is 0. The summed E-state index contributed by atoms with van der Waals surface area (Å²) in [7, 11) is 3.78. The fourth-order valence-corrected chi connectivity index (χ4v) is 6.33. The van der Waals surface area contributed by atoms with Crippen molar-refractivity contribution in [2.75, 3.05) is 25.7 Å². The first-order valence-electron chi connectivity index (χ1n) is 13.1. The van der Waals surface area contributed by atoms with E-state index >= 15 is 0 Å². The Morgan fingerprint density at radius 2 is 1.97 bits per heavy atom. The third kappa shape index (κ3) is 8.40. The molecule has 4 nitrogen and oxygen atoms in total. The number of thiophene rings is 2. The summed E-state index contributed by atoms with van der Waals surface area (Å²) in [5.41, 5.74) is 6.52. The lowest BCUT2D eigenvalue weighted by molar-refractivity contribution is 0.203. The summed E-state index contributed by atoms with van der Waals surface area (Å²) in [6.45, 7) is 15.3. The lowest BCUT2D eigenvalue weighted by Crippen LogP contribution is -2.15. The van der Waals surface area contributed by atoms with Crippen LogP contribution in [0, 0.1) is 6.92 Å². The van der Waals surface area contributed by atoms with E-state index in [1.165, 1.54) is 20.2 Å². The highest BCUT2D eigenvalue weighted by Crippen LogP contribution is 2.33. The number of fused-ring (bicyclic) bond motifs is 1. The minimum Gasteiger partial charge on any atom is -0.384 e. The van der Waals surface area contributed by atoms with Gasteiger partial charge in [-0.05, 0) is 57.0 Å². The topological polar surface area (TPSA) is 34.5 Å². The van der Waals surface area contributed by atoms with E-state index in [2.05, 4.69) is 93.6 Å². The monoisotopic (exact) mass is 560 g/mol. The minimum absolute atomic E-state index is 0.685. The van der Waals surface area contributed by atoms with Crippen LogP contribution in [0.4, 0.5) is 5.69 Å². The molecular formula is C33H40N2O2S2. The standard InChI is InChI=1S/C33H40N2O2S2/c1-8-9-13-27(19-24(2)3)15-16-32-30(20-26(5)38-32)34(6)25(4)12-10-11-14-28-21-33-31(35(28)23-36)22-29(39-33)17-18-37-7/h8-11,13,15-16,20-23H,2,4,12,14,17-19H2,1,3,5-7H3/b9-8+,11-10-,16-15+,27-13-. The fourth-order valence-electron chi connectivity index (χ4n) is 4.28. The second kappa shape index (κ2) is 14.8. The summed E-state index contributed by atoms with van der Waals surface area (Å²) >= 11 is 3.51. The van der Waals surface area contributed by atoms with Crippen LogP contribution in [0.1, 0.15) is 47.0 Å². The third-order valence-electron chi connectivity index (χ3n) is 6.32. The maximum absolute atomic E-state index is 11.8. The molecule has 3 aromatic heterocycles. The molecule has 206 valence electrons. The van der Waals surface area contributed by atoms with Gasteiger partial charge in [-0.1, -0.05) is 55.2 Å². The molecule has 0 saturated carbocycles. The Bertz CT molecular complexity index is 1430. The summed E-state index contributed by atoms with van der Waals surface area (Å²) in [4.78, 5) is 17.7. The van der Waals surface area contributed by atoms with Crippen molar-refractivity contribution in [3.05, 3.63) is 105 Å². The van der Waals surface area contributed by atoms with Crippen LogP contribution >= 0.6 is 22.7 Å². The molecular weight excluding hydrogens is 521 g/mol. The van der Waals surface area contributed by atoms with Gasteiger partial charge < -0.3 is 9.64 Å². The van der Waals surface area contributed by atoms with E-state index in [0.29, 0.717) is 13.0 Å². The molecule has 0 atom stereocenters. The van der Waals surface area contributed by atoms with Crippen LogP contribution in [0.5, 0.6) is 0 Å². The van der Waals surface area contributed by atoms with E-state index in [-0.39, 0.29) is 0 Å². The van der Waals surface area contributed by atoms with Crippen LogP contribution in [0.15, 0.2) is 84.7 Å². The quantitative estimate of drug-likeness (QED) is 0.106. The Morgan fingerprint density at radius 3 is 2.67 bits per heavy atom. The van der Waals surface area contributed by atoms with Crippen molar-refractivity contribution < 1.29 is 9.53 Å². The van der Waals surface area contributed by atoms with Crippen molar-refractivity contribution in [2.24, 2.45) is 0 Å². The molecule has 3 heterocycles. The number of carbonyl (C=O) groups excluding carboxylic acids is 1. The van der Waals surface area contributed by atoms with Crippen molar-refractivity contribution in [3.63, 3.8) is 0 Å². The van der Waals surface area contributed by atoms with Gasteiger partial charge in [-0.15, -0.1) is 22.7 Å². The van der Waals surface area contributed by atoms with Gasteiger partial charge in [-0.25, -0.2) is 0 Å². The number of nitrogens with zero attached hydrogens (tertiary/aromatic N) is 2. The van der Waals surface area contributed by atoms with Crippen molar-refractivity contribution in [1.29, 1.82) is 0 Å². The zero-order valence-electron chi connectivity index (χ0n) is 23.8. The molecule has 0 saturated heterocycles. The Balaban J connectivity index is 1.66. The fraction of sp³-hybridized carbons (Fsp3) is 0.303. The highest BCUT2D eigenvalue weighted by atomic mass is 32.1. The Labute approximate surface area is 241 Å². The molecule has 0 fully saturated rings. The largest absolute Gasteiger partial charge is 0.384 e. The van der Waals surface area contributed by atoms with Crippen LogP contribution in [0.25, 0.3) is 16.3 Å². The number of anilines is 1. The molecule has 0 bridgehead atoms. The normalized spacial score (nSPS) is 12.5. The average Bonchev–Trinajstić information content (AvgIpc) is 3.57. The van der Waals surface area contributed by atoms with Gasteiger partial charge in [0.15, 0.2) is 0 Å². The first-order valence-corrected chi connectivity index (χ1v) is 14.8. The second-order valence-corrected chi connectivity index (χ2v) is 12.1. The minimum atomic E-state index is 0.685. The molecule has 0 aromatic carbocycles. The van der Waals surface area contributed by atoms with Crippen molar-refractivity contribution >= 4 is 51.1 Å². The molecule has 0 aliphatic rings. The van der Waals surface area contributed by atoms with Crippen molar-refractivity contribution in [1.82, 2.24) is 4.57 Å². The average molecular weight is 561 g/mol. The second-order valence-electron chi connectivity index (χ2n) is 9.66. The number of hydrogen-bond acceptors (Lipinski definition) is 5. The van der Waals surface area contributed by atoms with Gasteiger partial charge in [-0.3, -0.25) is 9.36 Å². The summed E-state index contributed by atoms with van der Waals surface area (Å²) in [5.74, 6) is 0. The molecule has 3 rings (SSSR count). The maximum atomic E-state index is 11.8. The summed E-state index contributed by atoms with van der Waals surface area (Å²) in [6, 6.07) is 6.44. The van der Waals surface area contributed by atoms with Gasteiger partial charge in [0.2, 0.25) is 6.41 Å². The predicted molar refractivity (Wildman–Crippen MR) is 173 cm³/mol.